The van der Waals surface area contributed by atoms with Crippen LogP contribution in [0, 0.1) is 5.92 Å². The molecule has 0 aliphatic carbocycles. The topological polar surface area (TPSA) is 67.8 Å². The van der Waals surface area contributed by atoms with E-state index in [-0.39, 0.29) is 17.1 Å². The summed E-state index contributed by atoms with van der Waals surface area (Å²) in [4.78, 5) is 12.3. The van der Waals surface area contributed by atoms with Gasteiger partial charge in [-0.05, 0) is 51.9 Å². The van der Waals surface area contributed by atoms with E-state index >= 15 is 0 Å². The molecule has 0 spiro atoms. The molecule has 1 aromatic carbocycles. The summed E-state index contributed by atoms with van der Waals surface area (Å²) in [5, 5.41) is 13.3. The second kappa shape index (κ2) is 6.35. The second-order valence-corrected chi connectivity index (χ2v) is 5.87. The van der Waals surface area contributed by atoms with Crippen LogP contribution in [0.1, 0.15) is 37.0 Å². The van der Waals surface area contributed by atoms with E-state index in [1.165, 1.54) is 7.11 Å². The summed E-state index contributed by atoms with van der Waals surface area (Å²) in [5.74, 6) is -0.111. The lowest BCUT2D eigenvalue weighted by Gasteiger charge is -2.36. The van der Waals surface area contributed by atoms with Crippen molar-refractivity contribution in [3.8, 4) is 11.5 Å². The minimum absolute atomic E-state index is 0.136. The molecule has 0 unspecified atom stereocenters. The van der Waals surface area contributed by atoms with Gasteiger partial charge in [-0.2, -0.15) is 0 Å². The third kappa shape index (κ3) is 3.47. The van der Waals surface area contributed by atoms with Crippen molar-refractivity contribution in [1.29, 1.82) is 0 Å². The van der Waals surface area contributed by atoms with Crippen LogP contribution in [0.5, 0.6) is 11.5 Å². The van der Waals surface area contributed by atoms with Gasteiger partial charge in [-0.25, -0.2) is 4.79 Å². The Bertz CT molecular complexity index is 507. The van der Waals surface area contributed by atoms with E-state index in [0.717, 1.165) is 25.9 Å². The van der Waals surface area contributed by atoms with E-state index in [9.17, 15) is 9.90 Å². The predicted molar refractivity (Wildman–Crippen MR) is 79.7 cm³/mol. The van der Waals surface area contributed by atoms with Gasteiger partial charge >= 0.3 is 5.97 Å². The first-order valence-electron chi connectivity index (χ1n) is 7.25. The number of rotatable bonds is 4. The van der Waals surface area contributed by atoms with Gasteiger partial charge in [-0.15, -0.1) is 0 Å². The highest BCUT2D eigenvalue weighted by atomic mass is 16.6. The molecule has 21 heavy (non-hydrogen) atoms. The minimum Gasteiger partial charge on any atom is -0.504 e. The molecule has 2 N–H and O–H groups in total. The van der Waals surface area contributed by atoms with Crippen LogP contribution < -0.4 is 10.1 Å². The van der Waals surface area contributed by atoms with E-state index in [0.29, 0.717) is 5.92 Å². The zero-order valence-electron chi connectivity index (χ0n) is 12.8. The van der Waals surface area contributed by atoms with Gasteiger partial charge in [-0.3, -0.25) is 0 Å². The maximum absolute atomic E-state index is 12.3. The number of phenolic OH excluding ortho intramolecular Hbond substituents is 1. The summed E-state index contributed by atoms with van der Waals surface area (Å²) in [6, 6.07) is 4.80. The Morgan fingerprint density at radius 1 is 1.33 bits per heavy atom. The third-order valence-electron chi connectivity index (χ3n) is 4.12. The number of methoxy groups -OCH3 is 1. The summed E-state index contributed by atoms with van der Waals surface area (Å²) in [5.41, 5.74) is -0.425. The van der Waals surface area contributed by atoms with Gasteiger partial charge in [0.2, 0.25) is 0 Å². The highest BCUT2D eigenvalue weighted by molar-refractivity contribution is 5.93. The summed E-state index contributed by atoms with van der Waals surface area (Å²) in [6.07, 6.45) is 1.95. The van der Waals surface area contributed by atoms with Gasteiger partial charge < -0.3 is 19.9 Å². The first kappa shape index (κ1) is 15.6. The highest BCUT2D eigenvalue weighted by Gasteiger charge is 2.35. The molecule has 2 rings (SSSR count). The molecule has 0 aromatic heterocycles. The van der Waals surface area contributed by atoms with E-state index in [4.69, 9.17) is 9.47 Å². The molecule has 0 amide bonds. The van der Waals surface area contributed by atoms with Gasteiger partial charge in [0.15, 0.2) is 11.5 Å². The van der Waals surface area contributed by atoms with Crippen LogP contribution in [0.15, 0.2) is 18.2 Å². The quantitative estimate of drug-likeness (QED) is 0.834. The summed E-state index contributed by atoms with van der Waals surface area (Å²) in [6.45, 7) is 5.74. The molecule has 1 fully saturated rings. The van der Waals surface area contributed by atoms with Crippen molar-refractivity contribution in [3.63, 3.8) is 0 Å². The number of phenols is 1. The van der Waals surface area contributed by atoms with Crippen LogP contribution in [0.2, 0.25) is 0 Å². The Hall–Kier alpha value is -1.75. The van der Waals surface area contributed by atoms with Crippen LogP contribution in [-0.4, -0.2) is 36.9 Å². The molecule has 1 saturated heterocycles. The van der Waals surface area contributed by atoms with Crippen molar-refractivity contribution in [1.82, 2.24) is 5.32 Å². The molecule has 1 aromatic rings. The maximum atomic E-state index is 12.3. The number of nitrogens with one attached hydrogen (secondary N) is 1. The molecule has 116 valence electrons. The lowest BCUT2D eigenvalue weighted by molar-refractivity contribution is -0.0370. The number of aromatic hydroxyl groups is 1. The summed E-state index contributed by atoms with van der Waals surface area (Å²) < 4.78 is 10.7. The second-order valence-electron chi connectivity index (χ2n) is 5.87. The standard InChI is InChI=1S/C16H23NO4/c1-16(2,11-7-9-17-10-8-11)21-15(19)12-5-4-6-13(20-3)14(12)18/h4-6,11,17-18H,7-10H2,1-3H3. The fourth-order valence-electron chi connectivity index (χ4n) is 2.75. The van der Waals surface area contributed by atoms with Crippen molar-refractivity contribution >= 4 is 5.97 Å². The lowest BCUT2D eigenvalue weighted by Crippen LogP contribution is -2.42. The average Bonchev–Trinajstić information content (AvgIpc) is 2.48. The molecule has 0 atom stereocenters. The Morgan fingerprint density at radius 3 is 2.62 bits per heavy atom. The average molecular weight is 293 g/mol. The molecule has 0 saturated carbocycles. The number of para-hydroxylation sites is 1. The molecule has 1 heterocycles. The first-order chi connectivity index (χ1) is 9.95. The number of benzene rings is 1. The molecular formula is C16H23NO4. The fraction of sp³-hybridized carbons (Fsp3) is 0.562. The smallest absolute Gasteiger partial charge is 0.342 e. The van der Waals surface area contributed by atoms with Crippen LogP contribution >= 0.6 is 0 Å². The monoisotopic (exact) mass is 293 g/mol. The Kier molecular flexibility index (Phi) is 4.73. The zero-order valence-corrected chi connectivity index (χ0v) is 12.8. The van der Waals surface area contributed by atoms with Crippen molar-refractivity contribution in [2.75, 3.05) is 20.2 Å². The molecule has 1 aliphatic rings. The number of piperidine rings is 1. The number of hydrogen-bond donors (Lipinski definition) is 2. The molecule has 1 aliphatic heterocycles. The first-order valence-corrected chi connectivity index (χ1v) is 7.25. The third-order valence-corrected chi connectivity index (χ3v) is 4.12. The fourth-order valence-corrected chi connectivity index (χ4v) is 2.75. The largest absolute Gasteiger partial charge is 0.504 e. The number of carbonyl (C=O) groups excluding carboxylic acids is 1. The van der Waals surface area contributed by atoms with E-state index in [1.54, 1.807) is 18.2 Å². The number of esters is 1. The summed E-state index contributed by atoms with van der Waals surface area (Å²) in [7, 11) is 1.45. The van der Waals surface area contributed by atoms with Gasteiger partial charge in [0.25, 0.3) is 0 Å². The van der Waals surface area contributed by atoms with Gasteiger partial charge in [0.05, 0.1) is 7.11 Å². The normalized spacial score (nSPS) is 16.5. The predicted octanol–water partition coefficient (Wildman–Crippen LogP) is 2.34. The highest BCUT2D eigenvalue weighted by Crippen LogP contribution is 2.33. The van der Waals surface area contributed by atoms with E-state index < -0.39 is 11.6 Å². The maximum Gasteiger partial charge on any atom is 0.342 e. The SMILES string of the molecule is COc1cccc(C(=O)OC(C)(C)C2CCNCC2)c1O. The Labute approximate surface area is 125 Å². The van der Waals surface area contributed by atoms with Gasteiger partial charge in [0, 0.05) is 5.92 Å². The molecule has 0 radical (unpaired) electrons. The van der Waals surface area contributed by atoms with E-state index in [1.807, 2.05) is 13.8 Å². The Morgan fingerprint density at radius 2 is 2.00 bits per heavy atom. The van der Waals surface area contributed by atoms with Crippen molar-refractivity contribution < 1.29 is 19.4 Å². The van der Waals surface area contributed by atoms with Crippen LogP contribution in [0.25, 0.3) is 0 Å². The van der Waals surface area contributed by atoms with E-state index in [2.05, 4.69) is 5.32 Å². The van der Waals surface area contributed by atoms with Gasteiger partial charge in [-0.1, -0.05) is 6.07 Å². The van der Waals surface area contributed by atoms with Crippen LogP contribution in [-0.2, 0) is 4.74 Å². The molecule has 5 nitrogen and oxygen atoms in total. The van der Waals surface area contributed by atoms with Crippen molar-refractivity contribution in [2.24, 2.45) is 5.92 Å². The van der Waals surface area contributed by atoms with Crippen LogP contribution in [0.4, 0.5) is 0 Å². The number of hydrogen-bond acceptors (Lipinski definition) is 5. The molecule has 5 heteroatoms. The Balaban J connectivity index is 2.13. The van der Waals surface area contributed by atoms with Gasteiger partial charge in [0.1, 0.15) is 11.2 Å². The summed E-state index contributed by atoms with van der Waals surface area (Å²) >= 11 is 0. The number of carbonyl (C=O) groups is 1. The minimum atomic E-state index is -0.561. The number of ether oxygens (including phenoxy) is 2. The molecule has 0 bridgehead atoms. The molecular weight excluding hydrogens is 270 g/mol. The lowest BCUT2D eigenvalue weighted by atomic mass is 9.83. The zero-order chi connectivity index (χ0) is 15.5. The van der Waals surface area contributed by atoms with Crippen molar-refractivity contribution in [3.05, 3.63) is 23.8 Å². The van der Waals surface area contributed by atoms with Crippen LogP contribution in [0.3, 0.4) is 0 Å². The van der Waals surface area contributed by atoms with Crippen molar-refractivity contribution in [2.45, 2.75) is 32.3 Å².